The van der Waals surface area contributed by atoms with Gasteiger partial charge in [-0.3, -0.25) is 0 Å². The van der Waals surface area contributed by atoms with Crippen molar-refractivity contribution in [3.05, 3.63) is 71.6 Å². The van der Waals surface area contributed by atoms with Crippen LogP contribution in [0.25, 0.3) is 11.4 Å². The maximum atomic E-state index is 5.49. The zero-order valence-electron chi connectivity index (χ0n) is 15.2. The summed E-state index contributed by atoms with van der Waals surface area (Å²) in [6.07, 6.45) is 0. The molecular weight excluding hydrogens is 324 g/mol. The largest absolute Gasteiger partial charge is 0.333 e. The zero-order chi connectivity index (χ0) is 17.8. The third kappa shape index (κ3) is 4.18. The monoisotopic (exact) mass is 350 g/mol. The molecule has 1 aliphatic rings. The standard InChI is InChI=1S/C21H24N4O/c1-17-7-9-19(10-8-17)21-22-20(26-23-21)16-25-13-11-24(12-14-25)15-18-5-3-2-4-6-18/h2-10H,11-16H2,1H3/p+2. The molecule has 134 valence electrons. The molecule has 5 heteroatoms. The van der Waals surface area contributed by atoms with Gasteiger partial charge >= 0.3 is 0 Å². The van der Waals surface area contributed by atoms with E-state index in [2.05, 4.69) is 59.5 Å². The molecule has 1 aliphatic heterocycles. The number of hydrogen-bond acceptors (Lipinski definition) is 3. The maximum absolute atomic E-state index is 5.49. The molecule has 0 bridgehead atoms. The van der Waals surface area contributed by atoms with Crippen molar-refractivity contribution in [3.8, 4) is 11.4 Å². The number of rotatable bonds is 5. The zero-order valence-corrected chi connectivity index (χ0v) is 15.2. The highest BCUT2D eigenvalue weighted by Crippen LogP contribution is 2.15. The summed E-state index contributed by atoms with van der Waals surface area (Å²) in [5.74, 6) is 1.43. The normalized spacial score (nSPS) is 20.2. The van der Waals surface area contributed by atoms with Gasteiger partial charge in [0.05, 0.1) is 0 Å². The molecule has 3 aromatic rings. The molecule has 0 saturated carbocycles. The Kier molecular flexibility index (Phi) is 5.09. The van der Waals surface area contributed by atoms with Gasteiger partial charge in [-0.05, 0) is 6.92 Å². The number of aromatic nitrogens is 2. The molecule has 26 heavy (non-hydrogen) atoms. The Labute approximate surface area is 154 Å². The van der Waals surface area contributed by atoms with Crippen LogP contribution in [0, 0.1) is 6.92 Å². The fourth-order valence-corrected chi connectivity index (χ4v) is 3.56. The molecule has 0 unspecified atom stereocenters. The second kappa shape index (κ2) is 7.81. The molecule has 1 saturated heterocycles. The molecule has 2 N–H and O–H groups in total. The Morgan fingerprint density at radius 3 is 2.19 bits per heavy atom. The average Bonchev–Trinajstić information content (AvgIpc) is 3.13. The Balaban J connectivity index is 1.30. The van der Waals surface area contributed by atoms with Gasteiger partial charge < -0.3 is 14.3 Å². The van der Waals surface area contributed by atoms with E-state index >= 15 is 0 Å². The van der Waals surface area contributed by atoms with Gasteiger partial charge in [-0.15, -0.1) is 0 Å². The van der Waals surface area contributed by atoms with Crippen LogP contribution in [0.3, 0.4) is 0 Å². The van der Waals surface area contributed by atoms with Crippen molar-refractivity contribution >= 4 is 0 Å². The summed E-state index contributed by atoms with van der Waals surface area (Å²) in [5.41, 5.74) is 3.67. The predicted octanol–water partition coefficient (Wildman–Crippen LogP) is 0.529. The van der Waals surface area contributed by atoms with Crippen molar-refractivity contribution in [2.75, 3.05) is 26.2 Å². The van der Waals surface area contributed by atoms with Crippen LogP contribution in [0.2, 0.25) is 0 Å². The van der Waals surface area contributed by atoms with Crippen LogP contribution in [0.4, 0.5) is 0 Å². The first-order valence-electron chi connectivity index (χ1n) is 9.37. The van der Waals surface area contributed by atoms with Gasteiger partial charge in [0.1, 0.15) is 32.7 Å². The Hall–Kier alpha value is -2.50. The van der Waals surface area contributed by atoms with E-state index in [1.807, 2.05) is 12.1 Å². The number of nitrogens with zero attached hydrogens (tertiary/aromatic N) is 2. The van der Waals surface area contributed by atoms with Crippen molar-refractivity contribution in [2.45, 2.75) is 20.0 Å². The topological polar surface area (TPSA) is 47.8 Å². The molecule has 5 nitrogen and oxygen atoms in total. The van der Waals surface area contributed by atoms with Gasteiger partial charge in [0, 0.05) is 11.1 Å². The first-order chi connectivity index (χ1) is 12.8. The fourth-order valence-electron chi connectivity index (χ4n) is 3.56. The third-order valence-corrected chi connectivity index (χ3v) is 5.14. The van der Waals surface area contributed by atoms with E-state index in [1.54, 1.807) is 4.90 Å². The molecule has 2 heterocycles. The minimum absolute atomic E-state index is 0.688. The Morgan fingerprint density at radius 2 is 1.50 bits per heavy atom. The summed E-state index contributed by atoms with van der Waals surface area (Å²) < 4.78 is 5.49. The highest BCUT2D eigenvalue weighted by Gasteiger charge is 2.25. The summed E-state index contributed by atoms with van der Waals surface area (Å²) in [6, 6.07) is 19.0. The number of benzene rings is 2. The first-order valence-corrected chi connectivity index (χ1v) is 9.37. The van der Waals surface area contributed by atoms with E-state index in [9.17, 15) is 0 Å². The van der Waals surface area contributed by atoms with Crippen molar-refractivity contribution < 1.29 is 14.3 Å². The van der Waals surface area contributed by atoms with Crippen molar-refractivity contribution in [2.24, 2.45) is 0 Å². The summed E-state index contributed by atoms with van der Waals surface area (Å²) in [4.78, 5) is 7.77. The van der Waals surface area contributed by atoms with Gasteiger partial charge in [-0.1, -0.05) is 65.3 Å². The lowest BCUT2D eigenvalue weighted by Gasteiger charge is -2.28. The smallest absolute Gasteiger partial charge is 0.282 e. The van der Waals surface area contributed by atoms with Gasteiger partial charge in [-0.2, -0.15) is 4.98 Å². The molecule has 1 fully saturated rings. The van der Waals surface area contributed by atoms with Crippen LogP contribution in [0.5, 0.6) is 0 Å². The van der Waals surface area contributed by atoms with E-state index in [1.165, 1.54) is 29.1 Å². The molecule has 1 aromatic heterocycles. The van der Waals surface area contributed by atoms with Crippen LogP contribution in [0.15, 0.2) is 59.1 Å². The summed E-state index contributed by atoms with van der Waals surface area (Å²) in [7, 11) is 0. The molecule has 0 amide bonds. The number of quaternary nitrogens is 2. The van der Waals surface area contributed by atoms with Crippen LogP contribution in [0.1, 0.15) is 17.0 Å². The van der Waals surface area contributed by atoms with Crippen LogP contribution >= 0.6 is 0 Å². The lowest BCUT2D eigenvalue weighted by atomic mass is 10.1. The van der Waals surface area contributed by atoms with Gasteiger partial charge in [-0.25, -0.2) is 0 Å². The maximum Gasteiger partial charge on any atom is 0.282 e. The second-order valence-corrected chi connectivity index (χ2v) is 7.22. The van der Waals surface area contributed by atoms with Crippen molar-refractivity contribution in [1.29, 1.82) is 0 Å². The molecule has 0 aliphatic carbocycles. The molecule has 2 aromatic carbocycles. The highest BCUT2D eigenvalue weighted by atomic mass is 16.5. The van der Waals surface area contributed by atoms with Crippen LogP contribution in [-0.4, -0.2) is 36.3 Å². The predicted molar refractivity (Wildman–Crippen MR) is 99.7 cm³/mol. The summed E-state index contributed by atoms with van der Waals surface area (Å²) in [6.45, 7) is 8.67. The highest BCUT2D eigenvalue weighted by molar-refractivity contribution is 5.54. The number of piperazine rings is 1. The lowest BCUT2D eigenvalue weighted by molar-refractivity contribution is -1.02. The van der Waals surface area contributed by atoms with Gasteiger partial charge in [0.15, 0.2) is 6.54 Å². The van der Waals surface area contributed by atoms with Crippen LogP contribution in [-0.2, 0) is 13.1 Å². The number of aryl methyl sites for hydroxylation is 1. The first kappa shape index (κ1) is 16.9. The molecule has 4 rings (SSSR count). The average molecular weight is 350 g/mol. The van der Waals surface area contributed by atoms with E-state index < -0.39 is 0 Å². The second-order valence-electron chi connectivity index (χ2n) is 7.22. The van der Waals surface area contributed by atoms with E-state index in [0.29, 0.717) is 5.82 Å². The van der Waals surface area contributed by atoms with E-state index in [-0.39, 0.29) is 0 Å². The Morgan fingerprint density at radius 1 is 0.846 bits per heavy atom. The Bertz CT molecular complexity index is 821. The van der Waals surface area contributed by atoms with Crippen molar-refractivity contribution in [3.63, 3.8) is 0 Å². The van der Waals surface area contributed by atoms with Crippen molar-refractivity contribution in [1.82, 2.24) is 10.1 Å². The molecule has 0 radical (unpaired) electrons. The number of nitrogens with one attached hydrogen (secondary N) is 2. The third-order valence-electron chi connectivity index (χ3n) is 5.14. The van der Waals surface area contributed by atoms with E-state index in [4.69, 9.17) is 4.52 Å². The molecule has 0 atom stereocenters. The minimum Gasteiger partial charge on any atom is -0.333 e. The summed E-state index contributed by atoms with van der Waals surface area (Å²) in [5, 5.41) is 4.15. The molecule has 0 spiro atoms. The van der Waals surface area contributed by atoms with Gasteiger partial charge in [0.25, 0.3) is 5.89 Å². The molecular formula is C21H26N4O+2. The van der Waals surface area contributed by atoms with E-state index in [0.717, 1.165) is 37.6 Å². The van der Waals surface area contributed by atoms with Gasteiger partial charge in [0.2, 0.25) is 5.82 Å². The quantitative estimate of drug-likeness (QED) is 0.706. The van der Waals surface area contributed by atoms with Crippen LogP contribution < -0.4 is 9.80 Å². The summed E-state index contributed by atoms with van der Waals surface area (Å²) >= 11 is 0. The fraction of sp³-hybridized carbons (Fsp3) is 0.333. The lowest BCUT2D eigenvalue weighted by Crippen LogP contribution is -3.27. The SMILES string of the molecule is Cc1ccc(-c2noc(C[NH+]3CC[NH+](Cc4ccccc4)CC3)n2)cc1. The minimum atomic E-state index is 0.688. The number of hydrogen-bond donors (Lipinski definition) is 2.